The second-order valence-corrected chi connectivity index (χ2v) is 10.3. The zero-order valence-corrected chi connectivity index (χ0v) is 15.3. The highest BCUT2D eigenvalue weighted by Crippen LogP contribution is 2.71. The molecule has 0 aromatic heterocycles. The largest absolute Gasteiger partial charge is 0.392 e. The third-order valence-electron chi connectivity index (χ3n) is 8.92. The van der Waals surface area contributed by atoms with E-state index in [1.165, 1.54) is 0 Å². The van der Waals surface area contributed by atoms with Crippen LogP contribution in [0.1, 0.15) is 46.5 Å². The van der Waals surface area contributed by atoms with E-state index in [1.54, 1.807) is 6.92 Å². The van der Waals surface area contributed by atoms with Crippen molar-refractivity contribution in [2.24, 2.45) is 28.6 Å². The lowest BCUT2D eigenvalue weighted by Crippen LogP contribution is -2.58. The van der Waals surface area contributed by atoms with Crippen LogP contribution >= 0.6 is 0 Å². The molecule has 4 aliphatic carbocycles. The van der Waals surface area contributed by atoms with Crippen LogP contribution in [0.15, 0.2) is 12.2 Å². The average molecular weight is 350 g/mol. The van der Waals surface area contributed by atoms with Crippen LogP contribution < -0.4 is 0 Å². The smallest absolute Gasteiger partial charge is 0.107 e. The maximum absolute atomic E-state index is 11.7. The van der Waals surface area contributed by atoms with Crippen molar-refractivity contribution in [2.75, 3.05) is 0 Å². The number of rotatable bonds is 0. The highest BCUT2D eigenvalue weighted by molar-refractivity contribution is 5.36. The number of hydrogen-bond acceptors (Lipinski definition) is 5. The Morgan fingerprint density at radius 1 is 1.12 bits per heavy atom. The molecule has 25 heavy (non-hydrogen) atoms. The molecule has 0 radical (unpaired) electrons. The van der Waals surface area contributed by atoms with E-state index in [0.717, 1.165) is 18.4 Å². The second kappa shape index (κ2) is 4.33. The van der Waals surface area contributed by atoms with E-state index in [2.05, 4.69) is 6.58 Å². The van der Waals surface area contributed by atoms with Gasteiger partial charge in [-0.15, -0.1) is 0 Å². The first-order valence-electron chi connectivity index (χ1n) is 9.63. The van der Waals surface area contributed by atoms with Crippen molar-refractivity contribution in [1.29, 1.82) is 0 Å². The van der Waals surface area contributed by atoms with Gasteiger partial charge >= 0.3 is 0 Å². The van der Waals surface area contributed by atoms with Crippen molar-refractivity contribution in [2.45, 2.75) is 82.1 Å². The average Bonchev–Trinajstić information content (AvgIpc) is 3.23. The van der Waals surface area contributed by atoms with Gasteiger partial charge in [0, 0.05) is 22.7 Å². The fourth-order valence-corrected chi connectivity index (χ4v) is 7.66. The van der Waals surface area contributed by atoms with E-state index >= 15 is 0 Å². The summed E-state index contributed by atoms with van der Waals surface area (Å²) in [4.78, 5) is 0. The molecule has 5 fully saturated rings. The van der Waals surface area contributed by atoms with Crippen LogP contribution in [-0.4, -0.2) is 56.0 Å². The van der Waals surface area contributed by atoms with Gasteiger partial charge in [-0.1, -0.05) is 26.0 Å². The fourth-order valence-electron chi connectivity index (χ4n) is 7.66. The Hall–Kier alpha value is -0.460. The van der Waals surface area contributed by atoms with Crippen molar-refractivity contribution in [3.8, 4) is 0 Å². The van der Waals surface area contributed by atoms with Gasteiger partial charge in [0.25, 0.3) is 0 Å². The Morgan fingerprint density at radius 2 is 1.80 bits per heavy atom. The molecule has 10 atom stereocenters. The highest BCUT2D eigenvalue weighted by atomic mass is 16.6. The minimum absolute atomic E-state index is 0.000139. The predicted octanol–water partition coefficient (Wildman–Crippen LogP) is 0.990. The summed E-state index contributed by atoms with van der Waals surface area (Å²) in [5, 5.41) is 44.9. The molecule has 1 aliphatic heterocycles. The maximum Gasteiger partial charge on any atom is 0.107 e. The predicted molar refractivity (Wildman–Crippen MR) is 90.5 cm³/mol. The Bertz CT molecular complexity index is 656. The Balaban J connectivity index is 1.66. The Labute approximate surface area is 148 Å². The van der Waals surface area contributed by atoms with Crippen LogP contribution in [-0.2, 0) is 4.74 Å². The summed E-state index contributed by atoms with van der Waals surface area (Å²) in [6.07, 6.45) is 0.574. The Kier molecular flexibility index (Phi) is 2.89. The molecular formula is C20H30O5. The van der Waals surface area contributed by atoms with Gasteiger partial charge in [0.2, 0.25) is 0 Å². The molecule has 1 spiro atoms. The van der Waals surface area contributed by atoms with Crippen LogP contribution in [0, 0.1) is 28.6 Å². The SMILES string of the molecule is C=C1C2CCC3C(O)C2(CC(O)C2(O)C1C1OC1C2(C)C)CC3(C)O. The van der Waals surface area contributed by atoms with Crippen molar-refractivity contribution < 1.29 is 25.2 Å². The number of hydrogen-bond donors (Lipinski definition) is 4. The summed E-state index contributed by atoms with van der Waals surface area (Å²) in [5.41, 5.74) is -2.51. The molecule has 1 saturated heterocycles. The van der Waals surface area contributed by atoms with Gasteiger partial charge in [0.15, 0.2) is 0 Å². The number of ether oxygens (including phenoxy) is 1. The summed E-state index contributed by atoms with van der Waals surface area (Å²) < 4.78 is 5.86. The summed E-state index contributed by atoms with van der Waals surface area (Å²) in [6.45, 7) is 10.1. The lowest BCUT2D eigenvalue weighted by Gasteiger charge is -2.46. The van der Waals surface area contributed by atoms with Gasteiger partial charge in [-0.05, 0) is 38.5 Å². The van der Waals surface area contributed by atoms with Crippen molar-refractivity contribution in [3.63, 3.8) is 0 Å². The molecule has 5 aliphatic rings. The quantitative estimate of drug-likeness (QED) is 0.386. The lowest BCUT2D eigenvalue weighted by atomic mass is 9.61. The third kappa shape index (κ3) is 1.60. The molecule has 10 unspecified atom stereocenters. The number of aliphatic hydroxyl groups excluding tert-OH is 2. The lowest BCUT2D eigenvalue weighted by molar-refractivity contribution is -0.183. The summed E-state index contributed by atoms with van der Waals surface area (Å²) in [7, 11) is 0. The van der Waals surface area contributed by atoms with Crippen molar-refractivity contribution in [3.05, 3.63) is 12.2 Å². The first-order valence-corrected chi connectivity index (χ1v) is 9.63. The van der Waals surface area contributed by atoms with Crippen LogP contribution in [0.3, 0.4) is 0 Å². The first kappa shape index (κ1) is 16.7. The van der Waals surface area contributed by atoms with Gasteiger partial charge in [-0.25, -0.2) is 0 Å². The molecule has 1 heterocycles. The molecule has 140 valence electrons. The summed E-state index contributed by atoms with van der Waals surface area (Å²) >= 11 is 0. The molecule has 0 amide bonds. The molecular weight excluding hydrogens is 320 g/mol. The van der Waals surface area contributed by atoms with Gasteiger partial charge in [-0.2, -0.15) is 0 Å². The van der Waals surface area contributed by atoms with Crippen LogP contribution in [0.4, 0.5) is 0 Å². The van der Waals surface area contributed by atoms with Crippen molar-refractivity contribution >= 4 is 0 Å². The number of fused-ring (bicyclic) bond motifs is 4. The van der Waals surface area contributed by atoms with Crippen molar-refractivity contribution in [1.82, 2.24) is 0 Å². The van der Waals surface area contributed by atoms with Gasteiger partial charge in [0.1, 0.15) is 5.60 Å². The molecule has 4 saturated carbocycles. The zero-order valence-electron chi connectivity index (χ0n) is 15.3. The van der Waals surface area contributed by atoms with Crippen LogP contribution in [0.5, 0.6) is 0 Å². The van der Waals surface area contributed by atoms with Gasteiger partial charge in [-0.3, -0.25) is 0 Å². The topological polar surface area (TPSA) is 93.5 Å². The molecule has 2 bridgehead atoms. The minimum Gasteiger partial charge on any atom is -0.392 e. The maximum atomic E-state index is 11.7. The molecule has 5 rings (SSSR count). The summed E-state index contributed by atoms with van der Waals surface area (Å²) in [6, 6.07) is 0. The van der Waals surface area contributed by atoms with E-state index in [9.17, 15) is 20.4 Å². The standard InChI is InChI=1S/C20H30O5/c1-9-10-5-6-11-15(22)19(10,8-18(11,4)23)7-12(21)20(24)13(9)14-16(25-14)17(20,2)3/h10-16,21-24H,1,5-8H2,2-4H3. The van der Waals surface area contributed by atoms with E-state index in [4.69, 9.17) is 4.74 Å². The molecule has 0 aromatic rings. The number of aliphatic hydroxyl groups is 4. The number of epoxide rings is 1. The fraction of sp³-hybridized carbons (Fsp3) is 0.900. The monoisotopic (exact) mass is 350 g/mol. The molecule has 0 aromatic carbocycles. The first-order chi connectivity index (χ1) is 11.5. The van der Waals surface area contributed by atoms with Crippen LogP contribution in [0.25, 0.3) is 0 Å². The molecule has 4 N–H and O–H groups in total. The van der Waals surface area contributed by atoms with E-state index in [-0.39, 0.29) is 30.0 Å². The second-order valence-electron chi connectivity index (χ2n) is 10.3. The summed E-state index contributed by atoms with van der Waals surface area (Å²) in [5.74, 6) is -0.476. The molecule has 5 heteroatoms. The van der Waals surface area contributed by atoms with Gasteiger partial charge < -0.3 is 25.2 Å². The zero-order chi connectivity index (χ0) is 18.2. The highest BCUT2D eigenvalue weighted by Gasteiger charge is 2.79. The van der Waals surface area contributed by atoms with E-state index in [0.29, 0.717) is 12.8 Å². The van der Waals surface area contributed by atoms with Crippen LogP contribution in [0.2, 0.25) is 0 Å². The van der Waals surface area contributed by atoms with E-state index in [1.807, 2.05) is 13.8 Å². The minimum atomic E-state index is -1.30. The Morgan fingerprint density at radius 3 is 2.48 bits per heavy atom. The third-order valence-corrected chi connectivity index (χ3v) is 8.92. The van der Waals surface area contributed by atoms with E-state index < -0.39 is 34.2 Å². The molecule has 5 nitrogen and oxygen atoms in total. The van der Waals surface area contributed by atoms with Gasteiger partial charge in [0.05, 0.1) is 30.0 Å². The normalized spacial score (nSPS) is 64.3.